The molecule has 2 aromatic carbocycles. The summed E-state index contributed by atoms with van der Waals surface area (Å²) in [6, 6.07) is 10.9. The highest BCUT2D eigenvalue weighted by Crippen LogP contribution is 2.19. The Kier molecular flexibility index (Phi) is 5.31. The van der Waals surface area contributed by atoms with Crippen LogP contribution in [-0.2, 0) is 0 Å². The van der Waals surface area contributed by atoms with Gasteiger partial charge in [-0.3, -0.25) is 19.7 Å². The van der Waals surface area contributed by atoms with E-state index in [1.165, 1.54) is 6.42 Å². The molecule has 6 nitrogen and oxygen atoms in total. The second-order valence-corrected chi connectivity index (χ2v) is 6.35. The number of rotatable bonds is 5. The Bertz CT molecular complexity index is 791. The number of nitrogens with one attached hydrogen (secondary N) is 2. The highest BCUT2D eigenvalue weighted by molar-refractivity contribution is 6.01. The summed E-state index contributed by atoms with van der Waals surface area (Å²) < 4.78 is 0. The fourth-order valence-electron chi connectivity index (χ4n) is 3.45. The molecule has 2 aromatic rings. The Morgan fingerprint density at radius 1 is 1.12 bits per heavy atom. The second-order valence-electron chi connectivity index (χ2n) is 6.35. The van der Waals surface area contributed by atoms with E-state index in [4.69, 9.17) is 5.21 Å². The number of hydrogen-bond donors (Lipinski definition) is 3. The van der Waals surface area contributed by atoms with Crippen LogP contribution in [0.5, 0.6) is 0 Å². The van der Waals surface area contributed by atoms with Gasteiger partial charge in [-0.1, -0.05) is 19.1 Å². The van der Waals surface area contributed by atoms with E-state index in [0.717, 1.165) is 30.3 Å². The van der Waals surface area contributed by atoms with Crippen LogP contribution in [0.25, 0.3) is 10.8 Å². The average molecular weight is 341 g/mol. The number of likely N-dealkylation sites (tertiary alicyclic amines) is 1. The number of hydroxylamine groups is 1. The maximum Gasteiger partial charge on any atom is 0.274 e. The normalized spacial score (nSPS) is 17.6. The van der Waals surface area contributed by atoms with Crippen LogP contribution in [0, 0.1) is 0 Å². The summed E-state index contributed by atoms with van der Waals surface area (Å²) in [5.41, 5.74) is 2.53. The molecule has 0 aliphatic carbocycles. The Morgan fingerprint density at radius 3 is 2.44 bits per heavy atom. The number of nitrogens with zero attached hydrogens (tertiary/aromatic N) is 1. The van der Waals surface area contributed by atoms with E-state index in [-0.39, 0.29) is 5.91 Å². The van der Waals surface area contributed by atoms with Crippen molar-refractivity contribution in [2.75, 3.05) is 19.6 Å². The fraction of sp³-hybridized carbons (Fsp3) is 0.368. The number of carbonyl (C=O) groups excluding carboxylic acids is 2. The first-order chi connectivity index (χ1) is 12.1. The third-order valence-electron chi connectivity index (χ3n) is 4.87. The van der Waals surface area contributed by atoms with Gasteiger partial charge in [0.1, 0.15) is 0 Å². The van der Waals surface area contributed by atoms with Gasteiger partial charge in [0.05, 0.1) is 0 Å². The molecule has 2 amide bonds. The van der Waals surface area contributed by atoms with Crippen molar-refractivity contribution in [3.8, 4) is 0 Å². The van der Waals surface area contributed by atoms with Crippen molar-refractivity contribution in [2.45, 2.75) is 25.8 Å². The van der Waals surface area contributed by atoms with Gasteiger partial charge in [-0.25, -0.2) is 5.48 Å². The van der Waals surface area contributed by atoms with Crippen molar-refractivity contribution < 1.29 is 14.8 Å². The highest BCUT2D eigenvalue weighted by atomic mass is 16.5. The standard InChI is InChI=1S/C19H23N3O3/c1-2-22-9-3-4-17(22)12-20-18(23)14-7-5-13-6-8-15(19(24)21-25)11-16(13)10-14/h5-8,10-11,17,25H,2-4,9,12H2,1H3,(H,20,23)(H,21,24). The first-order valence-electron chi connectivity index (χ1n) is 8.63. The van der Waals surface area contributed by atoms with E-state index >= 15 is 0 Å². The van der Waals surface area contributed by atoms with Gasteiger partial charge in [0.25, 0.3) is 11.8 Å². The summed E-state index contributed by atoms with van der Waals surface area (Å²) in [7, 11) is 0. The Hall–Kier alpha value is -2.44. The van der Waals surface area contributed by atoms with E-state index in [1.807, 2.05) is 6.07 Å². The van der Waals surface area contributed by atoms with E-state index in [1.54, 1.807) is 35.8 Å². The molecular formula is C19H23N3O3. The number of fused-ring (bicyclic) bond motifs is 1. The molecule has 1 aliphatic rings. The maximum absolute atomic E-state index is 12.5. The molecule has 6 heteroatoms. The third kappa shape index (κ3) is 3.81. The summed E-state index contributed by atoms with van der Waals surface area (Å²) in [5, 5.41) is 13.5. The molecule has 1 saturated heterocycles. The number of amides is 2. The van der Waals surface area contributed by atoms with Gasteiger partial charge in [0.15, 0.2) is 0 Å². The van der Waals surface area contributed by atoms with Crippen molar-refractivity contribution >= 4 is 22.6 Å². The zero-order valence-corrected chi connectivity index (χ0v) is 14.3. The predicted molar refractivity (Wildman–Crippen MR) is 95.8 cm³/mol. The topological polar surface area (TPSA) is 81.7 Å². The van der Waals surface area contributed by atoms with Gasteiger partial charge < -0.3 is 5.32 Å². The molecule has 0 bridgehead atoms. The molecule has 3 rings (SSSR count). The Labute approximate surface area is 146 Å². The minimum absolute atomic E-state index is 0.109. The van der Waals surface area contributed by atoms with Crippen LogP contribution in [0.4, 0.5) is 0 Å². The van der Waals surface area contributed by atoms with Crippen LogP contribution >= 0.6 is 0 Å². The fourth-order valence-corrected chi connectivity index (χ4v) is 3.45. The third-order valence-corrected chi connectivity index (χ3v) is 4.87. The minimum atomic E-state index is -0.572. The Morgan fingerprint density at radius 2 is 1.80 bits per heavy atom. The smallest absolute Gasteiger partial charge is 0.274 e. The zero-order chi connectivity index (χ0) is 17.8. The Balaban J connectivity index is 1.73. The molecule has 3 N–H and O–H groups in total. The summed E-state index contributed by atoms with van der Waals surface area (Å²) in [6.07, 6.45) is 2.30. The first kappa shape index (κ1) is 17.4. The molecule has 132 valence electrons. The quantitative estimate of drug-likeness (QED) is 0.575. The average Bonchev–Trinajstić information content (AvgIpc) is 3.12. The van der Waals surface area contributed by atoms with Crippen LogP contribution in [0.2, 0.25) is 0 Å². The molecule has 0 aromatic heterocycles. The molecule has 1 atom stereocenters. The van der Waals surface area contributed by atoms with Crippen LogP contribution in [0.15, 0.2) is 36.4 Å². The molecule has 25 heavy (non-hydrogen) atoms. The summed E-state index contributed by atoms with van der Waals surface area (Å²) in [5.74, 6) is -0.681. The number of hydrogen-bond acceptors (Lipinski definition) is 4. The SMILES string of the molecule is CCN1CCCC1CNC(=O)c1ccc2ccc(C(=O)NO)cc2c1. The van der Waals surface area contributed by atoms with Gasteiger partial charge >= 0.3 is 0 Å². The second kappa shape index (κ2) is 7.63. The molecular weight excluding hydrogens is 318 g/mol. The summed E-state index contributed by atoms with van der Waals surface area (Å²) in [6.45, 7) is 4.90. The lowest BCUT2D eigenvalue weighted by atomic mass is 10.0. The molecule has 0 spiro atoms. The van der Waals surface area contributed by atoms with Crippen LogP contribution in [-0.4, -0.2) is 47.6 Å². The van der Waals surface area contributed by atoms with Crippen LogP contribution in [0.1, 0.15) is 40.5 Å². The summed E-state index contributed by atoms with van der Waals surface area (Å²) in [4.78, 5) is 26.4. The molecule has 0 saturated carbocycles. The van der Waals surface area contributed by atoms with Crippen molar-refractivity contribution in [3.05, 3.63) is 47.5 Å². The monoisotopic (exact) mass is 341 g/mol. The van der Waals surface area contributed by atoms with Crippen LogP contribution in [0.3, 0.4) is 0 Å². The van der Waals surface area contributed by atoms with Gasteiger partial charge in [0.2, 0.25) is 0 Å². The van der Waals surface area contributed by atoms with E-state index in [0.29, 0.717) is 23.7 Å². The van der Waals surface area contributed by atoms with E-state index in [9.17, 15) is 9.59 Å². The van der Waals surface area contributed by atoms with Gasteiger partial charge in [0, 0.05) is 23.7 Å². The van der Waals surface area contributed by atoms with Crippen molar-refractivity contribution in [2.24, 2.45) is 0 Å². The lowest BCUT2D eigenvalue weighted by Crippen LogP contribution is -2.40. The predicted octanol–water partition coefficient (Wildman–Crippen LogP) is 2.17. The van der Waals surface area contributed by atoms with Gasteiger partial charge in [-0.05, 0) is 61.0 Å². The van der Waals surface area contributed by atoms with Crippen molar-refractivity contribution in [3.63, 3.8) is 0 Å². The maximum atomic E-state index is 12.5. The first-order valence-corrected chi connectivity index (χ1v) is 8.63. The van der Waals surface area contributed by atoms with Gasteiger partial charge in [-0.2, -0.15) is 0 Å². The van der Waals surface area contributed by atoms with Gasteiger partial charge in [-0.15, -0.1) is 0 Å². The van der Waals surface area contributed by atoms with E-state index < -0.39 is 5.91 Å². The zero-order valence-electron chi connectivity index (χ0n) is 14.3. The number of likely N-dealkylation sites (N-methyl/N-ethyl adjacent to an activating group) is 1. The highest BCUT2D eigenvalue weighted by Gasteiger charge is 2.23. The molecule has 1 fully saturated rings. The number of carbonyl (C=O) groups is 2. The van der Waals surface area contributed by atoms with Crippen molar-refractivity contribution in [1.82, 2.24) is 15.7 Å². The lowest BCUT2D eigenvalue weighted by molar-refractivity contribution is 0.0706. The lowest BCUT2D eigenvalue weighted by Gasteiger charge is -2.22. The number of benzene rings is 2. The molecule has 0 radical (unpaired) electrons. The molecule has 1 aliphatic heterocycles. The molecule has 1 unspecified atom stereocenters. The minimum Gasteiger partial charge on any atom is -0.350 e. The molecule has 1 heterocycles. The van der Waals surface area contributed by atoms with Crippen LogP contribution < -0.4 is 10.8 Å². The van der Waals surface area contributed by atoms with E-state index in [2.05, 4.69) is 17.1 Å². The largest absolute Gasteiger partial charge is 0.350 e. The van der Waals surface area contributed by atoms with Crippen molar-refractivity contribution in [1.29, 1.82) is 0 Å². The summed E-state index contributed by atoms with van der Waals surface area (Å²) >= 11 is 0.